The molecule has 0 aromatic rings. The van der Waals surface area contributed by atoms with Gasteiger partial charge in [-0.3, -0.25) is 0 Å². The van der Waals surface area contributed by atoms with E-state index in [4.69, 9.17) is 0 Å². The maximum Gasteiger partial charge on any atom is -0.0188 e. The van der Waals surface area contributed by atoms with Crippen LogP contribution in [0.25, 0.3) is 0 Å². The lowest BCUT2D eigenvalue weighted by Crippen LogP contribution is -1.64. The average molecular weight is 135 g/mol. The minimum Gasteiger partial charge on any atom is -0.0990 e. The van der Waals surface area contributed by atoms with E-state index >= 15 is 0 Å². The van der Waals surface area contributed by atoms with Gasteiger partial charge in [0.15, 0.2) is 0 Å². The molecule has 0 spiro atoms. The van der Waals surface area contributed by atoms with E-state index in [1.165, 1.54) is 12.8 Å². The maximum absolute atomic E-state index is 3.54. The molecule has 0 bridgehead atoms. The lowest BCUT2D eigenvalue weighted by molar-refractivity contribution is 0.814. The summed E-state index contributed by atoms with van der Waals surface area (Å²) >= 11 is 0. The summed E-state index contributed by atoms with van der Waals surface area (Å²) in [7, 11) is 0. The van der Waals surface area contributed by atoms with Crippen LogP contribution in [0.3, 0.4) is 0 Å². The van der Waals surface area contributed by atoms with Gasteiger partial charge in [-0.05, 0) is 12.5 Å². The second-order valence-electron chi connectivity index (χ2n) is 2.11. The third kappa shape index (κ3) is 7.22. The summed E-state index contributed by atoms with van der Waals surface area (Å²) in [6.45, 7) is 5.73. The fourth-order valence-electron chi connectivity index (χ4n) is 0.597. The van der Waals surface area contributed by atoms with Crippen LogP contribution in [0.2, 0.25) is 0 Å². The minimum absolute atomic E-state index is 1.16. The molecule has 0 aliphatic heterocycles. The molecular formula is C10H15. The smallest absolute Gasteiger partial charge is 0.0188 e. The lowest BCUT2D eigenvalue weighted by atomic mass is 10.2. The summed E-state index contributed by atoms with van der Waals surface area (Å²) in [4.78, 5) is 0. The molecule has 0 aromatic heterocycles. The predicted molar refractivity (Wildman–Crippen MR) is 46.7 cm³/mol. The molecule has 0 heteroatoms. The van der Waals surface area contributed by atoms with Crippen molar-refractivity contribution < 1.29 is 0 Å². The first-order chi connectivity index (χ1) is 4.91. The van der Waals surface area contributed by atoms with Crippen LogP contribution >= 0.6 is 0 Å². The van der Waals surface area contributed by atoms with Gasteiger partial charge in [0, 0.05) is 0 Å². The molecule has 1 radical (unpaired) electrons. The molecular weight excluding hydrogens is 120 g/mol. The van der Waals surface area contributed by atoms with Gasteiger partial charge in [0.25, 0.3) is 0 Å². The van der Waals surface area contributed by atoms with Gasteiger partial charge in [0.2, 0.25) is 0 Å². The zero-order valence-electron chi connectivity index (χ0n) is 6.64. The molecule has 0 rings (SSSR count). The average Bonchev–Trinajstić information content (AvgIpc) is 1.97. The molecule has 0 saturated heterocycles. The number of unbranched alkanes of at least 4 members (excludes halogenated alkanes) is 2. The largest absolute Gasteiger partial charge is 0.0990 e. The minimum atomic E-state index is 1.16. The molecule has 0 aliphatic carbocycles. The molecule has 0 saturated carbocycles. The number of rotatable bonds is 5. The van der Waals surface area contributed by atoms with Gasteiger partial charge < -0.3 is 0 Å². The van der Waals surface area contributed by atoms with Gasteiger partial charge in [0.1, 0.15) is 0 Å². The zero-order chi connectivity index (χ0) is 7.66. The van der Waals surface area contributed by atoms with E-state index in [2.05, 4.69) is 25.7 Å². The number of hydrogen-bond acceptors (Lipinski definition) is 0. The van der Waals surface area contributed by atoms with E-state index in [1.807, 2.05) is 12.2 Å². The van der Waals surface area contributed by atoms with E-state index in [1.54, 1.807) is 6.08 Å². The van der Waals surface area contributed by atoms with Crippen molar-refractivity contribution in [1.82, 2.24) is 0 Å². The van der Waals surface area contributed by atoms with Gasteiger partial charge in [-0.1, -0.05) is 50.6 Å². The van der Waals surface area contributed by atoms with E-state index in [9.17, 15) is 0 Å². The van der Waals surface area contributed by atoms with Crippen LogP contribution in [-0.2, 0) is 0 Å². The Kier molecular flexibility index (Phi) is 7.58. The van der Waals surface area contributed by atoms with Crippen molar-refractivity contribution >= 4 is 0 Å². The Hall–Kier alpha value is -0.780. The Morgan fingerprint density at radius 3 is 2.90 bits per heavy atom. The highest BCUT2D eigenvalue weighted by Crippen LogP contribution is 1.94. The molecule has 10 heavy (non-hydrogen) atoms. The van der Waals surface area contributed by atoms with Crippen molar-refractivity contribution in [2.45, 2.75) is 26.2 Å². The molecule has 0 amide bonds. The molecule has 0 aliphatic rings. The monoisotopic (exact) mass is 135 g/mol. The SMILES string of the molecule is C=C/C=[C]/C=CCCCC. The highest BCUT2D eigenvalue weighted by molar-refractivity contribution is 5.02. The quantitative estimate of drug-likeness (QED) is 0.401. The predicted octanol–water partition coefficient (Wildman–Crippen LogP) is 3.28. The molecule has 0 heterocycles. The first-order valence-electron chi connectivity index (χ1n) is 3.77. The molecule has 0 nitrogen and oxygen atoms in total. The fourth-order valence-corrected chi connectivity index (χ4v) is 0.597. The summed E-state index contributed by atoms with van der Waals surface area (Å²) in [6, 6.07) is 0. The Bertz CT molecular complexity index is 118. The normalized spacial score (nSPS) is 11.3. The van der Waals surface area contributed by atoms with Crippen LogP contribution in [-0.4, -0.2) is 0 Å². The fraction of sp³-hybridized carbons (Fsp3) is 0.400. The topological polar surface area (TPSA) is 0 Å². The molecule has 0 aromatic carbocycles. The van der Waals surface area contributed by atoms with E-state index < -0.39 is 0 Å². The Balaban J connectivity index is 3.19. The highest BCUT2D eigenvalue weighted by atomic mass is 13.8. The van der Waals surface area contributed by atoms with E-state index in [0.29, 0.717) is 0 Å². The van der Waals surface area contributed by atoms with Crippen molar-refractivity contribution in [2.75, 3.05) is 0 Å². The summed E-state index contributed by atoms with van der Waals surface area (Å²) in [5.74, 6) is 0. The van der Waals surface area contributed by atoms with Crippen molar-refractivity contribution in [3.8, 4) is 0 Å². The van der Waals surface area contributed by atoms with Crippen LogP contribution in [0, 0.1) is 6.08 Å². The molecule has 0 N–H and O–H groups in total. The van der Waals surface area contributed by atoms with Gasteiger partial charge in [0.05, 0.1) is 0 Å². The first kappa shape index (κ1) is 9.22. The van der Waals surface area contributed by atoms with Crippen molar-refractivity contribution in [3.63, 3.8) is 0 Å². The number of allylic oxidation sites excluding steroid dienone is 5. The highest BCUT2D eigenvalue weighted by Gasteiger charge is 1.74. The van der Waals surface area contributed by atoms with Crippen LogP contribution in [0.5, 0.6) is 0 Å². The second kappa shape index (κ2) is 8.22. The molecule has 55 valence electrons. The van der Waals surface area contributed by atoms with Crippen LogP contribution < -0.4 is 0 Å². The van der Waals surface area contributed by atoms with Gasteiger partial charge >= 0.3 is 0 Å². The zero-order valence-corrected chi connectivity index (χ0v) is 6.64. The first-order valence-corrected chi connectivity index (χ1v) is 3.77. The molecule has 0 fully saturated rings. The van der Waals surface area contributed by atoms with Crippen LogP contribution in [0.15, 0.2) is 30.9 Å². The summed E-state index contributed by atoms with van der Waals surface area (Å²) < 4.78 is 0. The molecule has 0 unspecified atom stereocenters. The third-order valence-electron chi connectivity index (χ3n) is 1.15. The van der Waals surface area contributed by atoms with Gasteiger partial charge in [-0.15, -0.1) is 0 Å². The van der Waals surface area contributed by atoms with Crippen molar-refractivity contribution in [2.24, 2.45) is 0 Å². The van der Waals surface area contributed by atoms with E-state index in [-0.39, 0.29) is 0 Å². The standard InChI is InChI=1S/C10H15/c1-3-5-7-9-10-8-6-4-2/h3,5,9-10H,1,4,6,8H2,2H3. The van der Waals surface area contributed by atoms with Gasteiger partial charge in [-0.25, -0.2) is 0 Å². The third-order valence-corrected chi connectivity index (χ3v) is 1.15. The summed E-state index contributed by atoms with van der Waals surface area (Å²) in [6.07, 6.45) is 14.3. The van der Waals surface area contributed by atoms with Crippen molar-refractivity contribution in [1.29, 1.82) is 0 Å². The summed E-state index contributed by atoms with van der Waals surface area (Å²) in [5.41, 5.74) is 0. The number of hydrogen-bond donors (Lipinski definition) is 0. The second-order valence-corrected chi connectivity index (χ2v) is 2.11. The van der Waals surface area contributed by atoms with Crippen LogP contribution in [0.4, 0.5) is 0 Å². The summed E-state index contributed by atoms with van der Waals surface area (Å²) in [5, 5.41) is 0. The van der Waals surface area contributed by atoms with Crippen LogP contribution in [0.1, 0.15) is 26.2 Å². The Morgan fingerprint density at radius 2 is 2.30 bits per heavy atom. The lowest BCUT2D eigenvalue weighted by Gasteiger charge is -1.84. The Labute approximate surface area is 64.0 Å². The van der Waals surface area contributed by atoms with E-state index in [0.717, 1.165) is 6.42 Å². The maximum atomic E-state index is 3.54. The van der Waals surface area contributed by atoms with Crippen molar-refractivity contribution in [3.05, 3.63) is 37.0 Å². The van der Waals surface area contributed by atoms with Gasteiger partial charge in [-0.2, -0.15) is 0 Å². The molecule has 0 atom stereocenters. The Morgan fingerprint density at radius 1 is 1.50 bits per heavy atom.